The van der Waals surface area contributed by atoms with Gasteiger partial charge >= 0.3 is 239 Å². The first-order valence-electron chi connectivity index (χ1n) is 15.1. The molecule has 6 rings (SSSR count). The van der Waals surface area contributed by atoms with Crippen molar-refractivity contribution in [3.63, 3.8) is 0 Å². The summed E-state index contributed by atoms with van der Waals surface area (Å²) in [5.41, 5.74) is 11.2. The first-order chi connectivity index (χ1) is 18.9. The molecule has 2 aliphatic carbocycles. The number of rotatable bonds is 6. The Morgan fingerprint density at radius 2 is 0.900 bits per heavy atom. The fraction of sp³-hybridized carbons (Fsp3) is 0.263. The van der Waals surface area contributed by atoms with Gasteiger partial charge in [0.1, 0.15) is 0 Å². The van der Waals surface area contributed by atoms with Crippen molar-refractivity contribution in [3.8, 4) is 22.3 Å². The molecule has 0 nitrogen and oxygen atoms in total. The van der Waals surface area contributed by atoms with E-state index in [2.05, 4.69) is 165 Å². The van der Waals surface area contributed by atoms with Gasteiger partial charge in [0.25, 0.3) is 0 Å². The van der Waals surface area contributed by atoms with E-state index in [1.807, 2.05) is 0 Å². The summed E-state index contributed by atoms with van der Waals surface area (Å²) in [6.07, 6.45) is 10.2. The Morgan fingerprint density at radius 3 is 1.25 bits per heavy atom. The second-order valence-corrected chi connectivity index (χ2v) is 91.7. The van der Waals surface area contributed by atoms with Crippen molar-refractivity contribution in [3.05, 3.63) is 131 Å². The van der Waals surface area contributed by atoms with Gasteiger partial charge in [0.2, 0.25) is 0 Å². The Hall–Kier alpha value is -2.55. The SMILES string of the molecule is C[CH](C)[Hf]([CH3])([CH3])(=[SiH2])([CH](C)C)([CH]1C=Cc2c(-c3ccccc3)cccc21)[CH]1C=Cc2c(-c3ccccc3)cccc21. The van der Waals surface area contributed by atoms with Crippen molar-refractivity contribution in [1.29, 1.82) is 0 Å². The van der Waals surface area contributed by atoms with Gasteiger partial charge in [-0.1, -0.05) is 0 Å². The summed E-state index contributed by atoms with van der Waals surface area (Å²) >= 11 is -5.13. The van der Waals surface area contributed by atoms with Crippen LogP contribution in [0.5, 0.6) is 0 Å². The minimum atomic E-state index is -5.13. The first kappa shape index (κ1) is 27.6. The van der Waals surface area contributed by atoms with Crippen molar-refractivity contribution in [2.75, 3.05) is 0 Å². The maximum absolute atomic E-state index is 5.13. The Labute approximate surface area is 237 Å². The van der Waals surface area contributed by atoms with Gasteiger partial charge in [-0.25, -0.2) is 0 Å². The third-order valence-corrected chi connectivity index (χ3v) is 94.8. The van der Waals surface area contributed by atoms with E-state index in [-0.39, 0.29) is 0 Å². The Kier molecular flexibility index (Phi) is 5.70. The molecule has 0 heterocycles. The molecule has 0 fully saturated rings. The van der Waals surface area contributed by atoms with E-state index < -0.39 is 14.2 Å². The zero-order valence-electron chi connectivity index (χ0n) is 25.1. The molecular formula is C38H44HfSi. The van der Waals surface area contributed by atoms with Gasteiger partial charge in [0, 0.05) is 0 Å². The molecule has 2 unspecified atom stereocenters. The fourth-order valence-corrected chi connectivity index (χ4v) is 49.8. The van der Waals surface area contributed by atoms with Crippen LogP contribution < -0.4 is 0 Å². The molecule has 4 aromatic carbocycles. The predicted molar refractivity (Wildman–Crippen MR) is 178 cm³/mol. The zero-order chi connectivity index (χ0) is 28.4. The topological polar surface area (TPSA) is 0 Å². The Morgan fingerprint density at radius 1 is 0.525 bits per heavy atom. The van der Waals surface area contributed by atoms with Crippen molar-refractivity contribution in [2.24, 2.45) is 0 Å². The molecule has 0 aliphatic heterocycles. The van der Waals surface area contributed by atoms with Crippen LogP contribution in [-0.2, 0) is 14.2 Å². The van der Waals surface area contributed by atoms with Crippen LogP contribution in [0.3, 0.4) is 0 Å². The second kappa shape index (κ2) is 8.26. The fourth-order valence-electron chi connectivity index (χ4n) is 8.94. The van der Waals surface area contributed by atoms with Crippen molar-refractivity contribution >= 4 is 19.1 Å². The summed E-state index contributed by atoms with van der Waals surface area (Å²) in [6, 6.07) is 36.0. The van der Waals surface area contributed by atoms with Crippen LogP contribution in [-0.4, -0.2) is 6.94 Å². The molecule has 40 heavy (non-hydrogen) atoms. The quantitative estimate of drug-likeness (QED) is 0.175. The Balaban J connectivity index is 1.66. The molecule has 0 radical (unpaired) electrons. The molecule has 2 aliphatic rings. The van der Waals surface area contributed by atoms with Crippen LogP contribution >= 0.6 is 0 Å². The number of hydrogen-bond acceptors (Lipinski definition) is 0. The van der Waals surface area contributed by atoms with Crippen molar-refractivity contribution < 1.29 is 14.2 Å². The van der Waals surface area contributed by atoms with E-state index in [1.54, 1.807) is 0 Å². The van der Waals surface area contributed by atoms with Crippen LogP contribution in [0.1, 0.15) is 57.3 Å². The van der Waals surface area contributed by atoms with E-state index in [4.69, 9.17) is 0 Å². The van der Waals surface area contributed by atoms with E-state index in [1.165, 1.54) is 44.5 Å². The summed E-state index contributed by atoms with van der Waals surface area (Å²) in [5.74, 6) is 0. The third kappa shape index (κ3) is 3.16. The van der Waals surface area contributed by atoms with E-state index in [9.17, 15) is 0 Å². The van der Waals surface area contributed by atoms with E-state index in [0.29, 0.717) is 14.7 Å². The molecule has 0 saturated heterocycles. The summed E-state index contributed by atoms with van der Waals surface area (Å²) in [5, 5.41) is 0. The Bertz CT molecular complexity index is 1700. The molecule has 0 aromatic heterocycles. The van der Waals surface area contributed by atoms with Crippen molar-refractivity contribution in [2.45, 2.75) is 51.8 Å². The number of hydrogen-bond donors (Lipinski definition) is 0. The molecule has 2 atom stereocenters. The summed E-state index contributed by atoms with van der Waals surface area (Å²) in [7, 11) is 0. The van der Waals surface area contributed by atoms with Gasteiger partial charge in [-0.2, -0.15) is 0 Å². The number of fused-ring (bicyclic) bond motifs is 2. The summed E-state index contributed by atoms with van der Waals surface area (Å²) in [4.78, 5) is 0. The maximum atomic E-state index is 2.86. The number of allylic oxidation sites excluding steroid dienone is 2. The molecule has 204 valence electrons. The van der Waals surface area contributed by atoms with Gasteiger partial charge in [-0.3, -0.25) is 0 Å². The number of benzene rings is 4. The first-order valence-corrected chi connectivity index (χ1v) is 38.9. The average Bonchev–Trinajstić information content (AvgIpc) is 3.61. The van der Waals surface area contributed by atoms with Gasteiger partial charge in [-0.05, 0) is 0 Å². The molecule has 0 spiro atoms. The molecule has 4 aromatic rings. The van der Waals surface area contributed by atoms with Crippen LogP contribution in [0.4, 0.5) is 0 Å². The summed E-state index contributed by atoms with van der Waals surface area (Å²) < 4.78 is 7.62. The normalized spacial score (nSPS) is 20.6. The summed E-state index contributed by atoms with van der Waals surface area (Å²) in [6.45, 7) is 12.8. The molecular weight excluding hydrogens is 663 g/mol. The van der Waals surface area contributed by atoms with Crippen LogP contribution in [0.25, 0.3) is 34.4 Å². The average molecular weight is 707 g/mol. The monoisotopic (exact) mass is 708 g/mol. The van der Waals surface area contributed by atoms with E-state index in [0.717, 1.165) is 0 Å². The second-order valence-electron chi connectivity index (χ2n) is 15.7. The van der Waals surface area contributed by atoms with Gasteiger partial charge in [0.15, 0.2) is 0 Å². The molecule has 0 saturated carbocycles. The van der Waals surface area contributed by atoms with Crippen LogP contribution in [0, 0.1) is 0 Å². The van der Waals surface area contributed by atoms with Crippen molar-refractivity contribution in [1.82, 2.24) is 0 Å². The predicted octanol–water partition coefficient (Wildman–Crippen LogP) is 10.9. The van der Waals surface area contributed by atoms with E-state index >= 15 is 0 Å². The van der Waals surface area contributed by atoms with Crippen LogP contribution in [0.15, 0.2) is 109 Å². The standard InChI is InChI=1S/2C15H11.2C3H7.2CH3.Hf.H2Si/c2*1-2-6-12(7-3-1)14-10-4-8-13-9-5-11-15(13)14;2*1-3-2;;;;/h2*1-11H;2*3H,1-2H3;2*1H3;;1H2. The molecule has 0 amide bonds. The zero-order valence-corrected chi connectivity index (χ0v) is 30.1. The molecule has 0 N–H and O–H groups in total. The van der Waals surface area contributed by atoms with Gasteiger partial charge in [0.05, 0.1) is 0 Å². The van der Waals surface area contributed by atoms with Gasteiger partial charge < -0.3 is 0 Å². The molecule has 2 heteroatoms. The molecule has 0 bridgehead atoms. The van der Waals surface area contributed by atoms with Gasteiger partial charge in [-0.15, -0.1) is 0 Å². The third-order valence-electron chi connectivity index (χ3n) is 13.9. The van der Waals surface area contributed by atoms with Crippen LogP contribution in [0.2, 0.25) is 16.7 Å². The minimum absolute atomic E-state index is 0.405.